The Bertz CT molecular complexity index is 1670. The first-order valence-corrected chi connectivity index (χ1v) is 14.0. The molecule has 0 saturated heterocycles. The van der Waals surface area contributed by atoms with Gasteiger partial charge < -0.3 is 33.7 Å². The molecule has 13 heteroatoms. The minimum atomic E-state index is -1.17. The number of benzene rings is 3. The van der Waals surface area contributed by atoms with Crippen molar-refractivity contribution in [3.8, 4) is 34.4 Å². The summed E-state index contributed by atoms with van der Waals surface area (Å²) in [4.78, 5) is 23.5. The van der Waals surface area contributed by atoms with E-state index >= 15 is 0 Å². The first-order chi connectivity index (χ1) is 20.7. The lowest BCUT2D eigenvalue weighted by Gasteiger charge is -2.14. The van der Waals surface area contributed by atoms with E-state index in [0.29, 0.717) is 45.7 Å². The number of carboxylic acid groups (broad SMARTS) is 2. The van der Waals surface area contributed by atoms with Gasteiger partial charge in [0.15, 0.2) is 22.5 Å². The lowest BCUT2D eigenvalue weighted by molar-refractivity contribution is -0.131. The van der Waals surface area contributed by atoms with Gasteiger partial charge in [-0.1, -0.05) is 23.7 Å². The molecular formula is C30H28ClN3O8S. The Labute approximate surface area is 256 Å². The number of nitrogens with zero attached hydrogens (tertiary/aromatic N) is 3. The fraction of sp³-hybridized carbons (Fsp3) is 0.200. The molecular weight excluding hydrogens is 598 g/mol. The molecule has 224 valence electrons. The third-order valence-corrected chi connectivity index (χ3v) is 7.44. The molecule has 3 aromatic carbocycles. The number of halogens is 1. The van der Waals surface area contributed by atoms with Gasteiger partial charge in [0.2, 0.25) is 0 Å². The van der Waals surface area contributed by atoms with Crippen LogP contribution in [-0.4, -0.2) is 58.2 Å². The van der Waals surface area contributed by atoms with Crippen LogP contribution in [0.4, 0.5) is 0 Å². The van der Waals surface area contributed by atoms with Gasteiger partial charge in [0, 0.05) is 18.2 Å². The van der Waals surface area contributed by atoms with Gasteiger partial charge in [-0.05, 0) is 72.3 Å². The second-order valence-electron chi connectivity index (χ2n) is 8.90. The van der Waals surface area contributed by atoms with Gasteiger partial charge in [-0.3, -0.25) is 0 Å². The van der Waals surface area contributed by atoms with Crippen LogP contribution >= 0.6 is 23.4 Å². The predicted octanol–water partition coefficient (Wildman–Crippen LogP) is 6.14. The number of carboxylic acids is 2. The summed E-state index contributed by atoms with van der Waals surface area (Å²) in [6.07, 6.45) is 1.45. The number of aromatic carboxylic acids is 1. The summed E-state index contributed by atoms with van der Waals surface area (Å²) in [6.45, 7) is 2.41. The van der Waals surface area contributed by atoms with Crippen molar-refractivity contribution >= 4 is 41.4 Å². The van der Waals surface area contributed by atoms with Crippen LogP contribution in [0.1, 0.15) is 28.4 Å². The van der Waals surface area contributed by atoms with Crippen LogP contribution in [0.5, 0.6) is 23.0 Å². The van der Waals surface area contributed by atoms with Gasteiger partial charge in [-0.2, -0.15) is 0 Å². The fourth-order valence-electron chi connectivity index (χ4n) is 4.10. The minimum Gasteiger partial charge on any atom is -0.497 e. The van der Waals surface area contributed by atoms with Gasteiger partial charge in [0.1, 0.15) is 23.0 Å². The molecule has 4 aromatic rings. The van der Waals surface area contributed by atoms with E-state index in [-0.39, 0.29) is 33.6 Å². The van der Waals surface area contributed by atoms with E-state index in [1.165, 1.54) is 25.3 Å². The van der Waals surface area contributed by atoms with Gasteiger partial charge in [0.25, 0.3) is 0 Å². The zero-order chi connectivity index (χ0) is 31.1. The topological polar surface area (TPSA) is 142 Å². The van der Waals surface area contributed by atoms with Gasteiger partial charge in [-0.25, -0.2) is 9.59 Å². The van der Waals surface area contributed by atoms with Crippen molar-refractivity contribution in [3.63, 3.8) is 0 Å². The van der Waals surface area contributed by atoms with Crippen LogP contribution in [0.15, 0.2) is 64.7 Å². The number of rotatable bonds is 13. The van der Waals surface area contributed by atoms with Crippen molar-refractivity contribution in [1.82, 2.24) is 14.8 Å². The number of aromatic nitrogens is 3. The standard InChI is InChI=1S/C30H28ClN3O8S/c1-5-34-27(20-13-21(39-2)15-22(14-20)40-3)32-33-30(34)43-25(29(37)38)12-18-10-23(31)26(24(11-18)41-4)42-16-17-7-6-8-19(9-17)28(35)36/h6-15H,5,16H2,1-4H3,(H,35,36)(H,37,38)/b25-12-. The van der Waals surface area contributed by atoms with Crippen molar-refractivity contribution in [2.24, 2.45) is 0 Å². The fourth-order valence-corrected chi connectivity index (χ4v) is 5.26. The summed E-state index contributed by atoms with van der Waals surface area (Å²) in [5, 5.41) is 28.4. The Morgan fingerprint density at radius 1 is 0.977 bits per heavy atom. The van der Waals surface area contributed by atoms with Crippen LogP contribution in [0.25, 0.3) is 17.5 Å². The zero-order valence-corrected chi connectivity index (χ0v) is 25.2. The minimum absolute atomic E-state index is 0.0332. The molecule has 0 bridgehead atoms. The Morgan fingerprint density at radius 2 is 1.70 bits per heavy atom. The summed E-state index contributed by atoms with van der Waals surface area (Å²) in [7, 11) is 4.53. The van der Waals surface area contributed by atoms with Gasteiger partial charge >= 0.3 is 11.9 Å². The van der Waals surface area contributed by atoms with Crippen LogP contribution in [0.3, 0.4) is 0 Å². The highest BCUT2D eigenvalue weighted by molar-refractivity contribution is 8.04. The normalized spacial score (nSPS) is 11.2. The summed E-state index contributed by atoms with van der Waals surface area (Å²) in [5.74, 6) is -0.0418. The highest BCUT2D eigenvalue weighted by Crippen LogP contribution is 2.39. The average Bonchev–Trinajstić information content (AvgIpc) is 3.42. The molecule has 0 fully saturated rings. The molecule has 0 aliphatic carbocycles. The predicted molar refractivity (Wildman–Crippen MR) is 161 cm³/mol. The number of hydrogen-bond acceptors (Lipinski definition) is 9. The zero-order valence-electron chi connectivity index (χ0n) is 23.7. The molecule has 1 aromatic heterocycles. The summed E-state index contributed by atoms with van der Waals surface area (Å²) < 4.78 is 23.9. The van der Waals surface area contributed by atoms with Crippen LogP contribution in [0, 0.1) is 0 Å². The second-order valence-corrected chi connectivity index (χ2v) is 10.3. The van der Waals surface area contributed by atoms with E-state index in [1.54, 1.807) is 61.3 Å². The third kappa shape index (κ3) is 7.40. The maximum Gasteiger partial charge on any atom is 0.342 e. The maximum atomic E-state index is 12.3. The first kappa shape index (κ1) is 31.3. The molecule has 11 nitrogen and oxygen atoms in total. The van der Waals surface area contributed by atoms with Crippen molar-refractivity contribution in [3.05, 3.63) is 81.2 Å². The molecule has 0 amide bonds. The molecule has 0 saturated carbocycles. The highest BCUT2D eigenvalue weighted by Gasteiger charge is 2.20. The van der Waals surface area contributed by atoms with E-state index in [0.717, 1.165) is 11.8 Å². The largest absolute Gasteiger partial charge is 0.497 e. The van der Waals surface area contributed by atoms with E-state index in [9.17, 15) is 19.8 Å². The van der Waals surface area contributed by atoms with E-state index in [2.05, 4.69) is 10.2 Å². The molecule has 43 heavy (non-hydrogen) atoms. The van der Waals surface area contributed by atoms with Crippen molar-refractivity contribution < 1.29 is 38.7 Å². The molecule has 0 aliphatic rings. The summed E-state index contributed by atoms with van der Waals surface area (Å²) >= 11 is 7.46. The molecule has 0 atom stereocenters. The average molecular weight is 626 g/mol. The van der Waals surface area contributed by atoms with E-state index < -0.39 is 11.9 Å². The van der Waals surface area contributed by atoms with Crippen molar-refractivity contribution in [2.75, 3.05) is 21.3 Å². The molecule has 1 heterocycles. The SMILES string of the molecule is CCn1c(S/C(=C\c2cc(Cl)c(OCc3cccc(C(=O)O)c3)c(OC)c2)C(=O)O)nnc1-c1cc(OC)cc(OC)c1. The summed E-state index contributed by atoms with van der Waals surface area (Å²) in [5.41, 5.74) is 1.90. The molecule has 4 rings (SSSR count). The Morgan fingerprint density at radius 3 is 2.30 bits per heavy atom. The van der Waals surface area contributed by atoms with E-state index in [4.69, 9.17) is 30.5 Å². The number of carbonyl (C=O) groups is 2. The molecule has 0 spiro atoms. The lowest BCUT2D eigenvalue weighted by Crippen LogP contribution is -2.03. The van der Waals surface area contributed by atoms with Crippen molar-refractivity contribution in [2.45, 2.75) is 25.2 Å². The quantitative estimate of drug-likeness (QED) is 0.131. The molecule has 0 radical (unpaired) electrons. The van der Waals surface area contributed by atoms with Crippen LogP contribution in [0.2, 0.25) is 5.02 Å². The monoisotopic (exact) mass is 625 g/mol. The molecule has 0 unspecified atom stereocenters. The van der Waals surface area contributed by atoms with Gasteiger partial charge in [-0.15, -0.1) is 10.2 Å². The van der Waals surface area contributed by atoms with E-state index in [1.807, 2.05) is 6.92 Å². The lowest BCUT2D eigenvalue weighted by atomic mass is 10.1. The Kier molecular flexibility index (Phi) is 10.2. The van der Waals surface area contributed by atoms with Crippen LogP contribution in [-0.2, 0) is 17.9 Å². The maximum absolute atomic E-state index is 12.3. The Hall–Kier alpha value is -4.68. The highest BCUT2D eigenvalue weighted by atomic mass is 35.5. The van der Waals surface area contributed by atoms with Crippen molar-refractivity contribution in [1.29, 1.82) is 0 Å². The number of methoxy groups -OCH3 is 3. The third-order valence-electron chi connectivity index (χ3n) is 6.16. The number of hydrogen-bond donors (Lipinski definition) is 2. The number of ether oxygens (including phenoxy) is 4. The summed E-state index contributed by atoms with van der Waals surface area (Å²) in [6, 6.07) is 14.8. The van der Waals surface area contributed by atoms with Crippen LogP contribution < -0.4 is 18.9 Å². The van der Waals surface area contributed by atoms with Gasteiger partial charge in [0.05, 0.1) is 31.9 Å². The molecule has 2 N–H and O–H groups in total. The second kappa shape index (κ2) is 14.0. The first-order valence-electron chi connectivity index (χ1n) is 12.8. The Balaban J connectivity index is 1.62. The molecule has 0 aliphatic heterocycles. The smallest absolute Gasteiger partial charge is 0.342 e. The number of aliphatic carboxylic acids is 1. The number of thioether (sulfide) groups is 1.